The Labute approximate surface area is 149 Å². The molecule has 2 aromatic rings. The van der Waals surface area contributed by atoms with Crippen LogP contribution >= 0.6 is 0 Å². The largest absolute Gasteiger partial charge is 0.350 e. The zero-order chi connectivity index (χ0) is 18.6. The van der Waals surface area contributed by atoms with Crippen molar-refractivity contribution in [3.8, 4) is 0 Å². The van der Waals surface area contributed by atoms with E-state index < -0.39 is 16.1 Å². The monoisotopic (exact) mass is 360 g/mol. The standard InChI is InChI=1S/C19H24N2O3S/c1-14-8-10-17(11-9-14)13-20-19(22)16(3)21(25(4,23)24)18-7-5-6-15(2)12-18/h5-12,16H,13H2,1-4H3,(H,20,22)/t16-/m1/s1. The van der Waals surface area contributed by atoms with Crippen molar-refractivity contribution >= 4 is 21.6 Å². The van der Waals surface area contributed by atoms with Crippen molar-refractivity contribution in [3.05, 3.63) is 65.2 Å². The number of sulfonamides is 1. The molecule has 0 radical (unpaired) electrons. The van der Waals surface area contributed by atoms with Crippen molar-refractivity contribution in [2.45, 2.75) is 33.4 Å². The van der Waals surface area contributed by atoms with E-state index in [9.17, 15) is 13.2 Å². The topological polar surface area (TPSA) is 66.5 Å². The lowest BCUT2D eigenvalue weighted by Crippen LogP contribution is -2.47. The van der Waals surface area contributed by atoms with Gasteiger partial charge in [-0.05, 0) is 44.0 Å². The van der Waals surface area contributed by atoms with E-state index in [2.05, 4.69) is 5.32 Å². The zero-order valence-electron chi connectivity index (χ0n) is 15.0. The predicted octanol–water partition coefficient (Wildman–Crippen LogP) is 2.77. The van der Waals surface area contributed by atoms with Gasteiger partial charge in [0.05, 0.1) is 11.9 Å². The normalized spacial score (nSPS) is 12.5. The van der Waals surface area contributed by atoms with Crippen molar-refractivity contribution in [2.75, 3.05) is 10.6 Å². The van der Waals surface area contributed by atoms with Gasteiger partial charge in [0.1, 0.15) is 6.04 Å². The maximum absolute atomic E-state index is 12.5. The third kappa shape index (κ3) is 5.06. The van der Waals surface area contributed by atoms with Crippen LogP contribution in [-0.4, -0.2) is 26.6 Å². The van der Waals surface area contributed by atoms with Crippen molar-refractivity contribution in [1.82, 2.24) is 5.32 Å². The molecule has 0 heterocycles. The van der Waals surface area contributed by atoms with E-state index in [-0.39, 0.29) is 5.91 Å². The zero-order valence-corrected chi connectivity index (χ0v) is 15.8. The molecule has 0 aromatic heterocycles. The van der Waals surface area contributed by atoms with E-state index in [0.717, 1.165) is 27.3 Å². The van der Waals surface area contributed by atoms with Crippen molar-refractivity contribution in [3.63, 3.8) is 0 Å². The number of hydrogen-bond donors (Lipinski definition) is 1. The summed E-state index contributed by atoms with van der Waals surface area (Å²) in [5.41, 5.74) is 3.53. The third-order valence-corrected chi connectivity index (χ3v) is 5.17. The predicted molar refractivity (Wildman–Crippen MR) is 101 cm³/mol. The smallest absolute Gasteiger partial charge is 0.243 e. The number of amides is 1. The number of nitrogens with one attached hydrogen (secondary N) is 1. The summed E-state index contributed by atoms with van der Waals surface area (Å²) in [5, 5.41) is 2.81. The Bertz CT molecular complexity index is 845. The van der Waals surface area contributed by atoms with E-state index in [1.54, 1.807) is 25.1 Å². The molecule has 1 N–H and O–H groups in total. The molecular formula is C19H24N2O3S. The fraction of sp³-hybridized carbons (Fsp3) is 0.316. The van der Waals surface area contributed by atoms with Crippen molar-refractivity contribution < 1.29 is 13.2 Å². The summed E-state index contributed by atoms with van der Waals surface area (Å²) >= 11 is 0. The Kier molecular flexibility index (Phi) is 5.85. The Morgan fingerprint density at radius 1 is 1.08 bits per heavy atom. The highest BCUT2D eigenvalue weighted by Crippen LogP contribution is 2.22. The minimum Gasteiger partial charge on any atom is -0.350 e. The molecular weight excluding hydrogens is 336 g/mol. The average molecular weight is 360 g/mol. The molecule has 1 amide bonds. The van der Waals surface area contributed by atoms with Crippen molar-refractivity contribution in [2.24, 2.45) is 0 Å². The number of hydrogen-bond acceptors (Lipinski definition) is 3. The summed E-state index contributed by atoms with van der Waals surface area (Å²) in [6, 6.07) is 14.1. The number of anilines is 1. The van der Waals surface area contributed by atoms with Crippen LogP contribution in [0.4, 0.5) is 5.69 Å². The summed E-state index contributed by atoms with van der Waals surface area (Å²) in [6.45, 7) is 5.82. The van der Waals surface area contributed by atoms with Crippen LogP contribution in [0.1, 0.15) is 23.6 Å². The molecule has 0 bridgehead atoms. The van der Waals surface area contributed by atoms with Crippen LogP contribution in [0.5, 0.6) is 0 Å². The molecule has 0 saturated carbocycles. The first-order valence-electron chi connectivity index (χ1n) is 8.08. The number of nitrogens with zero attached hydrogens (tertiary/aromatic N) is 1. The van der Waals surface area contributed by atoms with E-state index in [1.165, 1.54) is 0 Å². The average Bonchev–Trinajstić information content (AvgIpc) is 2.53. The molecule has 2 rings (SSSR count). The summed E-state index contributed by atoms with van der Waals surface area (Å²) in [5.74, 6) is -0.340. The maximum atomic E-state index is 12.5. The Morgan fingerprint density at radius 2 is 1.72 bits per heavy atom. The lowest BCUT2D eigenvalue weighted by molar-refractivity contribution is -0.122. The van der Waals surface area contributed by atoms with E-state index in [0.29, 0.717) is 12.2 Å². The molecule has 0 spiro atoms. The lowest BCUT2D eigenvalue weighted by Gasteiger charge is -2.28. The highest BCUT2D eigenvalue weighted by atomic mass is 32.2. The van der Waals surface area contributed by atoms with Gasteiger partial charge in [-0.25, -0.2) is 8.42 Å². The quantitative estimate of drug-likeness (QED) is 0.861. The minimum atomic E-state index is -3.60. The van der Waals surface area contributed by atoms with Gasteiger partial charge in [0, 0.05) is 6.54 Å². The summed E-state index contributed by atoms with van der Waals surface area (Å²) < 4.78 is 25.7. The molecule has 0 unspecified atom stereocenters. The summed E-state index contributed by atoms with van der Waals surface area (Å²) in [4.78, 5) is 12.5. The van der Waals surface area contributed by atoms with Gasteiger partial charge in [-0.3, -0.25) is 9.10 Å². The van der Waals surface area contributed by atoms with E-state index in [4.69, 9.17) is 0 Å². The van der Waals surface area contributed by atoms with Gasteiger partial charge in [0.2, 0.25) is 15.9 Å². The molecule has 6 heteroatoms. The Hall–Kier alpha value is -2.34. The molecule has 0 aliphatic carbocycles. The Balaban J connectivity index is 2.17. The fourth-order valence-electron chi connectivity index (χ4n) is 2.62. The van der Waals surface area contributed by atoms with Gasteiger partial charge in [-0.15, -0.1) is 0 Å². The first kappa shape index (κ1) is 19.0. The summed E-state index contributed by atoms with van der Waals surface area (Å²) in [6.07, 6.45) is 1.11. The molecule has 0 aliphatic rings. The SMILES string of the molecule is Cc1ccc(CNC(=O)[C@@H](C)N(c2cccc(C)c2)S(C)(=O)=O)cc1. The van der Waals surface area contributed by atoms with E-state index in [1.807, 2.05) is 44.2 Å². The van der Waals surface area contributed by atoms with Gasteiger partial charge in [0.15, 0.2) is 0 Å². The third-order valence-electron chi connectivity index (χ3n) is 3.93. The second-order valence-electron chi connectivity index (χ2n) is 6.28. The molecule has 2 aromatic carbocycles. The highest BCUT2D eigenvalue weighted by molar-refractivity contribution is 7.92. The number of rotatable bonds is 6. The molecule has 0 saturated heterocycles. The van der Waals surface area contributed by atoms with Crippen molar-refractivity contribution in [1.29, 1.82) is 0 Å². The van der Waals surface area contributed by atoms with Crippen LogP contribution in [0.3, 0.4) is 0 Å². The van der Waals surface area contributed by atoms with Crippen LogP contribution in [-0.2, 0) is 21.4 Å². The van der Waals surface area contributed by atoms with E-state index >= 15 is 0 Å². The van der Waals surface area contributed by atoms with Crippen LogP contribution in [0, 0.1) is 13.8 Å². The minimum absolute atomic E-state index is 0.340. The van der Waals surface area contributed by atoms with Crippen LogP contribution in [0.15, 0.2) is 48.5 Å². The fourth-order valence-corrected chi connectivity index (χ4v) is 3.78. The molecule has 1 atom stereocenters. The molecule has 25 heavy (non-hydrogen) atoms. The molecule has 0 fully saturated rings. The molecule has 134 valence electrons. The molecule has 5 nitrogen and oxygen atoms in total. The van der Waals surface area contributed by atoms with Gasteiger partial charge in [0.25, 0.3) is 0 Å². The number of benzene rings is 2. The Morgan fingerprint density at radius 3 is 2.28 bits per heavy atom. The maximum Gasteiger partial charge on any atom is 0.243 e. The van der Waals surface area contributed by atoms with Crippen LogP contribution < -0.4 is 9.62 Å². The summed E-state index contributed by atoms with van der Waals surface area (Å²) in [7, 11) is -3.60. The second kappa shape index (κ2) is 7.70. The number of carbonyl (C=O) groups excluding carboxylic acids is 1. The molecule has 0 aliphatic heterocycles. The van der Waals surface area contributed by atoms with Crippen LogP contribution in [0.25, 0.3) is 0 Å². The van der Waals surface area contributed by atoms with Gasteiger partial charge < -0.3 is 5.32 Å². The van der Waals surface area contributed by atoms with Gasteiger partial charge in [-0.2, -0.15) is 0 Å². The first-order valence-corrected chi connectivity index (χ1v) is 9.92. The van der Waals surface area contributed by atoms with Gasteiger partial charge in [-0.1, -0.05) is 42.0 Å². The van der Waals surface area contributed by atoms with Gasteiger partial charge >= 0.3 is 0 Å². The second-order valence-corrected chi connectivity index (χ2v) is 8.14. The number of aryl methyl sites for hydroxylation is 2. The van der Waals surface area contributed by atoms with Crippen LogP contribution in [0.2, 0.25) is 0 Å². The highest BCUT2D eigenvalue weighted by Gasteiger charge is 2.28. The lowest BCUT2D eigenvalue weighted by atomic mass is 10.1. The number of carbonyl (C=O) groups is 1. The first-order chi connectivity index (χ1) is 11.7.